The Morgan fingerprint density at radius 2 is 2.13 bits per heavy atom. The molecular weight excluding hydrogens is 314 g/mol. The number of nitrogens with zero attached hydrogens (tertiary/aromatic N) is 1. The lowest BCUT2D eigenvalue weighted by molar-refractivity contribution is 0.0252. The lowest BCUT2D eigenvalue weighted by Crippen LogP contribution is -2.42. The first-order valence-electron chi connectivity index (χ1n) is 8.05. The Hall–Kier alpha value is -1.62. The highest BCUT2D eigenvalue weighted by molar-refractivity contribution is 6.33. The first-order chi connectivity index (χ1) is 10.8. The number of nitrogens with one attached hydrogen (secondary N) is 1. The Morgan fingerprint density at radius 3 is 2.78 bits per heavy atom. The molecule has 1 fully saturated rings. The van der Waals surface area contributed by atoms with E-state index in [9.17, 15) is 4.79 Å². The van der Waals surface area contributed by atoms with Crippen molar-refractivity contribution in [3.05, 3.63) is 23.2 Å². The fraction of sp³-hybridized carbons (Fsp3) is 0.588. The van der Waals surface area contributed by atoms with Crippen LogP contribution in [0, 0.1) is 0 Å². The number of para-hydroxylation sites is 1. The van der Waals surface area contributed by atoms with E-state index in [2.05, 4.69) is 5.32 Å². The van der Waals surface area contributed by atoms with Gasteiger partial charge < -0.3 is 20.7 Å². The maximum absolute atomic E-state index is 12.3. The molecule has 0 spiro atoms. The van der Waals surface area contributed by atoms with E-state index in [0.29, 0.717) is 23.8 Å². The summed E-state index contributed by atoms with van der Waals surface area (Å²) in [7, 11) is 0. The first-order valence-corrected chi connectivity index (χ1v) is 8.42. The summed E-state index contributed by atoms with van der Waals surface area (Å²) >= 11 is 6.23. The second-order valence-electron chi connectivity index (χ2n) is 6.97. The number of halogens is 1. The van der Waals surface area contributed by atoms with Crippen LogP contribution in [0.2, 0.25) is 5.02 Å². The van der Waals surface area contributed by atoms with E-state index in [0.717, 1.165) is 24.9 Å². The highest BCUT2D eigenvalue weighted by Gasteiger charge is 2.26. The van der Waals surface area contributed by atoms with Gasteiger partial charge in [0, 0.05) is 19.1 Å². The minimum atomic E-state index is -0.487. The van der Waals surface area contributed by atoms with Gasteiger partial charge in [-0.25, -0.2) is 4.79 Å². The van der Waals surface area contributed by atoms with Crippen LogP contribution in [0.3, 0.4) is 0 Å². The fourth-order valence-corrected chi connectivity index (χ4v) is 2.89. The molecule has 0 aromatic heterocycles. The number of likely N-dealkylation sites (tertiary alicyclic amines) is 1. The molecule has 1 aromatic carbocycles. The van der Waals surface area contributed by atoms with Crippen molar-refractivity contribution in [1.29, 1.82) is 0 Å². The van der Waals surface area contributed by atoms with Gasteiger partial charge in [0.15, 0.2) is 0 Å². The van der Waals surface area contributed by atoms with Gasteiger partial charge in [-0.05, 0) is 52.2 Å². The Bertz CT molecular complexity index is 537. The zero-order valence-corrected chi connectivity index (χ0v) is 14.8. The number of ether oxygens (including phenoxy) is 1. The van der Waals surface area contributed by atoms with Crippen LogP contribution in [0.4, 0.5) is 16.2 Å². The molecule has 0 unspecified atom stereocenters. The minimum Gasteiger partial charge on any atom is -0.444 e. The standard InChI is InChI=1S/C17H26ClN3O2/c1-17(2,3)23-16(22)21-10-5-4-7-12(11-21)20-15-13(18)8-6-9-14(15)19/h6,8-9,12,20H,4-5,7,10-11,19H2,1-3H3/t12-/m1/s1. The molecular formula is C17H26ClN3O2. The zero-order chi connectivity index (χ0) is 17.0. The third kappa shape index (κ3) is 5.20. The van der Waals surface area contributed by atoms with Crippen LogP contribution in [0.25, 0.3) is 0 Å². The predicted molar refractivity (Wildman–Crippen MR) is 94.9 cm³/mol. The summed E-state index contributed by atoms with van der Waals surface area (Å²) in [5.41, 5.74) is 6.87. The van der Waals surface area contributed by atoms with Crippen molar-refractivity contribution in [2.45, 2.75) is 51.7 Å². The number of nitrogen functional groups attached to an aromatic ring is 1. The maximum Gasteiger partial charge on any atom is 0.410 e. The molecule has 1 atom stereocenters. The van der Waals surface area contributed by atoms with Crippen molar-refractivity contribution in [1.82, 2.24) is 4.90 Å². The van der Waals surface area contributed by atoms with Crippen molar-refractivity contribution in [3.8, 4) is 0 Å². The first kappa shape index (κ1) is 17.7. The molecule has 1 saturated heterocycles. The zero-order valence-electron chi connectivity index (χ0n) is 14.1. The molecule has 3 N–H and O–H groups in total. The van der Waals surface area contributed by atoms with Crippen molar-refractivity contribution in [3.63, 3.8) is 0 Å². The smallest absolute Gasteiger partial charge is 0.410 e. The van der Waals surface area contributed by atoms with E-state index in [1.165, 1.54) is 0 Å². The van der Waals surface area contributed by atoms with E-state index in [1.54, 1.807) is 4.90 Å². The van der Waals surface area contributed by atoms with Crippen LogP contribution in [0.1, 0.15) is 40.0 Å². The largest absolute Gasteiger partial charge is 0.444 e. The van der Waals surface area contributed by atoms with Crippen LogP contribution in [0.15, 0.2) is 18.2 Å². The summed E-state index contributed by atoms with van der Waals surface area (Å²) in [5, 5.41) is 3.99. The molecule has 1 aliphatic rings. The topological polar surface area (TPSA) is 67.6 Å². The minimum absolute atomic E-state index is 0.104. The summed E-state index contributed by atoms with van der Waals surface area (Å²) in [4.78, 5) is 14.1. The summed E-state index contributed by atoms with van der Waals surface area (Å²) < 4.78 is 5.49. The van der Waals surface area contributed by atoms with Gasteiger partial charge in [-0.1, -0.05) is 17.7 Å². The second-order valence-corrected chi connectivity index (χ2v) is 7.37. The molecule has 1 amide bonds. The molecule has 0 saturated carbocycles. The van der Waals surface area contributed by atoms with Crippen molar-refractivity contribution in [2.75, 3.05) is 24.1 Å². The molecule has 6 heteroatoms. The molecule has 1 aromatic rings. The average molecular weight is 340 g/mol. The number of hydrogen-bond donors (Lipinski definition) is 2. The van der Waals surface area contributed by atoms with E-state index in [1.807, 2.05) is 39.0 Å². The molecule has 2 rings (SSSR count). The molecule has 128 valence electrons. The fourth-order valence-electron chi connectivity index (χ4n) is 2.65. The molecule has 0 aliphatic carbocycles. The summed E-state index contributed by atoms with van der Waals surface area (Å²) in [5.74, 6) is 0. The van der Waals surface area contributed by atoms with Crippen molar-refractivity contribution < 1.29 is 9.53 Å². The summed E-state index contributed by atoms with van der Waals surface area (Å²) in [6, 6.07) is 5.55. The molecule has 0 radical (unpaired) electrons. The number of nitrogens with two attached hydrogens (primary N) is 1. The van der Waals surface area contributed by atoms with Gasteiger partial charge in [0.1, 0.15) is 5.60 Å². The maximum atomic E-state index is 12.3. The van der Waals surface area contributed by atoms with Gasteiger partial charge in [0.05, 0.1) is 16.4 Å². The van der Waals surface area contributed by atoms with E-state index >= 15 is 0 Å². The number of anilines is 2. The van der Waals surface area contributed by atoms with Gasteiger partial charge in [-0.2, -0.15) is 0 Å². The van der Waals surface area contributed by atoms with E-state index in [-0.39, 0.29) is 12.1 Å². The van der Waals surface area contributed by atoms with Gasteiger partial charge in [0.2, 0.25) is 0 Å². The molecule has 5 nitrogen and oxygen atoms in total. The SMILES string of the molecule is CC(C)(C)OC(=O)N1CCCC[C@@H](Nc2c(N)cccc2Cl)C1. The van der Waals surface area contributed by atoms with Gasteiger partial charge >= 0.3 is 6.09 Å². The number of benzene rings is 1. The molecule has 23 heavy (non-hydrogen) atoms. The normalized spacial score (nSPS) is 19.1. The van der Waals surface area contributed by atoms with Crippen LogP contribution >= 0.6 is 11.6 Å². The molecule has 1 heterocycles. The van der Waals surface area contributed by atoms with Gasteiger partial charge in [0.25, 0.3) is 0 Å². The second kappa shape index (κ2) is 7.30. The van der Waals surface area contributed by atoms with Crippen LogP contribution in [-0.4, -0.2) is 35.7 Å². The number of amides is 1. The number of hydrogen-bond acceptors (Lipinski definition) is 4. The average Bonchev–Trinajstić information content (AvgIpc) is 2.67. The Morgan fingerprint density at radius 1 is 1.39 bits per heavy atom. The van der Waals surface area contributed by atoms with Crippen LogP contribution < -0.4 is 11.1 Å². The summed E-state index contributed by atoms with van der Waals surface area (Å²) in [6.07, 6.45) is 2.71. The quantitative estimate of drug-likeness (QED) is 0.795. The van der Waals surface area contributed by atoms with E-state index in [4.69, 9.17) is 22.1 Å². The summed E-state index contributed by atoms with van der Waals surface area (Å²) in [6.45, 7) is 6.93. The predicted octanol–water partition coefficient (Wildman–Crippen LogP) is 4.12. The molecule has 0 bridgehead atoms. The monoisotopic (exact) mass is 339 g/mol. The van der Waals surface area contributed by atoms with Gasteiger partial charge in [-0.3, -0.25) is 0 Å². The Labute approximate surface area is 143 Å². The lowest BCUT2D eigenvalue weighted by atomic mass is 10.1. The number of rotatable bonds is 2. The van der Waals surface area contributed by atoms with Crippen molar-refractivity contribution >= 4 is 29.1 Å². The lowest BCUT2D eigenvalue weighted by Gasteiger charge is -2.29. The number of carbonyl (C=O) groups excluding carboxylic acids is 1. The highest BCUT2D eigenvalue weighted by Crippen LogP contribution is 2.29. The third-order valence-corrected chi connectivity index (χ3v) is 4.03. The van der Waals surface area contributed by atoms with Crippen LogP contribution in [0.5, 0.6) is 0 Å². The highest BCUT2D eigenvalue weighted by atomic mass is 35.5. The van der Waals surface area contributed by atoms with Crippen LogP contribution in [-0.2, 0) is 4.74 Å². The number of carbonyl (C=O) groups is 1. The van der Waals surface area contributed by atoms with E-state index < -0.39 is 5.60 Å². The van der Waals surface area contributed by atoms with Crippen molar-refractivity contribution in [2.24, 2.45) is 0 Å². The third-order valence-electron chi connectivity index (χ3n) is 3.72. The molecule has 1 aliphatic heterocycles. The Balaban J connectivity index is 2.06. The van der Waals surface area contributed by atoms with Gasteiger partial charge in [-0.15, -0.1) is 0 Å². The Kier molecular flexibility index (Phi) is 5.63.